The molecule has 0 radical (unpaired) electrons. The lowest BCUT2D eigenvalue weighted by Gasteiger charge is -2.25. The van der Waals surface area contributed by atoms with E-state index in [0.29, 0.717) is 23.7 Å². The number of rotatable bonds is 9. The predicted molar refractivity (Wildman–Crippen MR) is 85.3 cm³/mol. The molecule has 1 amide bonds. The number of carboxylic acids is 1. The smallest absolute Gasteiger partial charge is 0.303 e. The Morgan fingerprint density at radius 1 is 1.18 bits per heavy atom. The molecule has 0 unspecified atom stereocenters. The highest BCUT2D eigenvalue weighted by atomic mass is 35.5. The summed E-state index contributed by atoms with van der Waals surface area (Å²) in [4.78, 5) is 22.5. The van der Waals surface area contributed by atoms with Crippen LogP contribution in [0.5, 0.6) is 5.75 Å². The van der Waals surface area contributed by atoms with Crippen LogP contribution in [0.15, 0.2) is 24.3 Å². The number of ether oxygens (including phenoxy) is 1. The Balaban J connectivity index is 2.33. The number of carboxylic acid groups (broad SMARTS) is 1. The lowest BCUT2D eigenvalue weighted by Crippen LogP contribution is -2.46. The number of amides is 1. The Morgan fingerprint density at radius 3 is 2.41 bits per heavy atom. The van der Waals surface area contributed by atoms with Crippen LogP contribution < -0.4 is 10.1 Å². The highest BCUT2D eigenvalue weighted by Gasteiger charge is 2.29. The number of carbonyl (C=O) groups is 2. The second kappa shape index (κ2) is 8.63. The number of unbranched alkanes of at least 4 members (excludes halogenated alkanes) is 2. The fraction of sp³-hybridized carbons (Fsp3) is 0.500. The number of aliphatic carboxylic acids is 1. The first-order valence-electron chi connectivity index (χ1n) is 7.26. The summed E-state index contributed by atoms with van der Waals surface area (Å²) in [6.07, 6.45) is 2.30. The second-order valence-electron chi connectivity index (χ2n) is 5.53. The molecular formula is C16H22ClNO4. The molecule has 1 aromatic carbocycles. The molecule has 2 N–H and O–H groups in total. The van der Waals surface area contributed by atoms with Crippen molar-refractivity contribution in [1.82, 2.24) is 5.32 Å². The quantitative estimate of drug-likeness (QED) is 0.683. The van der Waals surface area contributed by atoms with E-state index in [1.165, 1.54) is 0 Å². The fourth-order valence-corrected chi connectivity index (χ4v) is 1.96. The molecule has 0 aliphatic heterocycles. The highest BCUT2D eigenvalue weighted by molar-refractivity contribution is 6.30. The van der Waals surface area contributed by atoms with Gasteiger partial charge in [-0.1, -0.05) is 18.0 Å². The maximum Gasteiger partial charge on any atom is 0.303 e. The van der Waals surface area contributed by atoms with Crippen molar-refractivity contribution < 1.29 is 19.4 Å². The molecule has 0 heterocycles. The molecule has 0 saturated carbocycles. The van der Waals surface area contributed by atoms with E-state index in [2.05, 4.69) is 5.32 Å². The number of hydrogen-bond donors (Lipinski definition) is 2. The molecule has 5 nitrogen and oxygen atoms in total. The molecule has 0 saturated heterocycles. The number of benzene rings is 1. The predicted octanol–water partition coefficient (Wildman–Crippen LogP) is 3.26. The van der Waals surface area contributed by atoms with Crippen molar-refractivity contribution in [1.29, 1.82) is 0 Å². The molecule has 0 atom stereocenters. The number of hydrogen-bond acceptors (Lipinski definition) is 3. The van der Waals surface area contributed by atoms with Crippen LogP contribution in [0.4, 0.5) is 0 Å². The average Bonchev–Trinajstić information content (AvgIpc) is 2.44. The van der Waals surface area contributed by atoms with Gasteiger partial charge in [0.05, 0.1) is 0 Å². The number of carbonyl (C=O) groups excluding carboxylic acids is 1. The van der Waals surface area contributed by atoms with Crippen LogP contribution in [0, 0.1) is 0 Å². The molecule has 1 rings (SSSR count). The van der Waals surface area contributed by atoms with Crippen molar-refractivity contribution in [3.63, 3.8) is 0 Å². The van der Waals surface area contributed by atoms with E-state index in [0.717, 1.165) is 12.8 Å². The van der Waals surface area contributed by atoms with Gasteiger partial charge >= 0.3 is 5.97 Å². The molecule has 1 aromatic rings. The topological polar surface area (TPSA) is 75.6 Å². The zero-order valence-electron chi connectivity index (χ0n) is 12.9. The molecule has 0 aromatic heterocycles. The summed E-state index contributed by atoms with van der Waals surface area (Å²) in [5.41, 5.74) is -0.991. The van der Waals surface area contributed by atoms with Crippen LogP contribution in [0.2, 0.25) is 5.02 Å². The molecular weight excluding hydrogens is 306 g/mol. The summed E-state index contributed by atoms with van der Waals surface area (Å²) in [6.45, 7) is 3.90. The summed E-state index contributed by atoms with van der Waals surface area (Å²) in [7, 11) is 0. The summed E-state index contributed by atoms with van der Waals surface area (Å²) in [5.74, 6) is -0.423. The Hall–Kier alpha value is -1.75. The Bertz CT molecular complexity index is 499. The molecule has 0 fully saturated rings. The largest absolute Gasteiger partial charge is 0.481 e. The second-order valence-corrected chi connectivity index (χ2v) is 5.96. The van der Waals surface area contributed by atoms with Gasteiger partial charge in [0.25, 0.3) is 5.91 Å². The first kappa shape index (κ1) is 18.3. The van der Waals surface area contributed by atoms with Gasteiger partial charge in [-0.2, -0.15) is 0 Å². The summed E-state index contributed by atoms with van der Waals surface area (Å²) < 4.78 is 5.68. The van der Waals surface area contributed by atoms with Gasteiger partial charge in [-0.25, -0.2) is 0 Å². The van der Waals surface area contributed by atoms with Gasteiger partial charge in [0.15, 0.2) is 5.60 Å². The maximum atomic E-state index is 12.1. The van der Waals surface area contributed by atoms with Crippen molar-refractivity contribution in [3.05, 3.63) is 29.3 Å². The molecule has 0 bridgehead atoms. The van der Waals surface area contributed by atoms with Crippen LogP contribution >= 0.6 is 11.6 Å². The van der Waals surface area contributed by atoms with Crippen molar-refractivity contribution in [2.24, 2.45) is 0 Å². The van der Waals surface area contributed by atoms with Crippen LogP contribution in [0.3, 0.4) is 0 Å². The standard InChI is InChI=1S/C16H22ClNO4/c1-16(2,22-13-9-7-12(17)8-10-13)15(21)18-11-5-3-4-6-14(19)20/h7-10H,3-6,11H2,1-2H3,(H,18,21)(H,19,20). The molecule has 0 spiro atoms. The van der Waals surface area contributed by atoms with Crippen molar-refractivity contribution in [2.45, 2.75) is 45.1 Å². The van der Waals surface area contributed by atoms with Crippen LogP contribution in [0.25, 0.3) is 0 Å². The average molecular weight is 328 g/mol. The third-order valence-electron chi connectivity index (χ3n) is 3.09. The van der Waals surface area contributed by atoms with Crippen molar-refractivity contribution in [2.75, 3.05) is 6.54 Å². The first-order chi connectivity index (χ1) is 10.3. The van der Waals surface area contributed by atoms with E-state index in [4.69, 9.17) is 21.4 Å². The van der Waals surface area contributed by atoms with Crippen molar-refractivity contribution in [3.8, 4) is 5.75 Å². The third kappa shape index (κ3) is 6.80. The van der Waals surface area contributed by atoms with E-state index >= 15 is 0 Å². The zero-order valence-corrected chi connectivity index (χ0v) is 13.7. The van der Waals surface area contributed by atoms with Crippen LogP contribution in [-0.4, -0.2) is 29.1 Å². The molecule has 122 valence electrons. The number of nitrogens with one attached hydrogen (secondary N) is 1. The normalized spacial score (nSPS) is 11.0. The highest BCUT2D eigenvalue weighted by Crippen LogP contribution is 2.21. The van der Waals surface area contributed by atoms with Crippen molar-refractivity contribution >= 4 is 23.5 Å². The fourth-order valence-electron chi connectivity index (χ4n) is 1.84. The van der Waals surface area contributed by atoms with E-state index in [-0.39, 0.29) is 12.3 Å². The minimum Gasteiger partial charge on any atom is -0.481 e. The van der Waals surface area contributed by atoms with E-state index in [1.54, 1.807) is 38.1 Å². The molecule has 0 aliphatic carbocycles. The van der Waals surface area contributed by atoms with Gasteiger partial charge < -0.3 is 15.2 Å². The van der Waals surface area contributed by atoms with Gasteiger partial charge in [-0.15, -0.1) is 0 Å². The lowest BCUT2D eigenvalue weighted by molar-refractivity contribution is -0.137. The minimum atomic E-state index is -0.991. The minimum absolute atomic E-state index is 0.166. The molecule has 6 heteroatoms. The Morgan fingerprint density at radius 2 is 1.82 bits per heavy atom. The van der Waals surface area contributed by atoms with Gasteiger partial charge in [0.1, 0.15) is 5.75 Å². The van der Waals surface area contributed by atoms with Crippen LogP contribution in [0.1, 0.15) is 39.5 Å². The summed E-state index contributed by atoms with van der Waals surface area (Å²) in [6, 6.07) is 6.83. The van der Waals surface area contributed by atoms with Gasteiger partial charge in [-0.3, -0.25) is 9.59 Å². The first-order valence-corrected chi connectivity index (χ1v) is 7.64. The Kier molecular flexibility index (Phi) is 7.18. The number of halogens is 1. The van der Waals surface area contributed by atoms with Gasteiger partial charge in [0.2, 0.25) is 0 Å². The summed E-state index contributed by atoms with van der Waals surface area (Å²) in [5, 5.41) is 11.9. The SMILES string of the molecule is CC(C)(Oc1ccc(Cl)cc1)C(=O)NCCCCCC(=O)O. The zero-order chi connectivity index (χ0) is 16.6. The molecule has 0 aliphatic rings. The molecule has 22 heavy (non-hydrogen) atoms. The summed E-state index contributed by atoms with van der Waals surface area (Å²) >= 11 is 5.80. The Labute approximate surface area is 135 Å². The lowest BCUT2D eigenvalue weighted by atomic mass is 10.1. The third-order valence-corrected chi connectivity index (χ3v) is 3.34. The van der Waals surface area contributed by atoms with E-state index in [1.807, 2.05) is 0 Å². The van der Waals surface area contributed by atoms with E-state index < -0.39 is 11.6 Å². The monoisotopic (exact) mass is 327 g/mol. The van der Waals surface area contributed by atoms with Gasteiger partial charge in [0, 0.05) is 18.0 Å². The maximum absolute atomic E-state index is 12.1. The van der Waals surface area contributed by atoms with Crippen LogP contribution in [-0.2, 0) is 9.59 Å². The van der Waals surface area contributed by atoms with Gasteiger partial charge in [-0.05, 0) is 51.0 Å². The van der Waals surface area contributed by atoms with E-state index in [9.17, 15) is 9.59 Å².